The van der Waals surface area contributed by atoms with Crippen molar-refractivity contribution in [3.8, 4) is 5.75 Å². The summed E-state index contributed by atoms with van der Waals surface area (Å²) in [6.45, 7) is 2.29. The van der Waals surface area contributed by atoms with Gasteiger partial charge in [-0.25, -0.2) is 26.5 Å². The zero-order valence-electron chi connectivity index (χ0n) is 21.6. The monoisotopic (exact) mass is 577 g/mol. The average Bonchev–Trinajstić information content (AvgIpc) is 2.97. The lowest BCUT2D eigenvalue weighted by Gasteiger charge is -2.32. The number of ether oxygens (including phenoxy) is 1. The van der Waals surface area contributed by atoms with Crippen molar-refractivity contribution in [2.45, 2.75) is 29.6 Å². The van der Waals surface area contributed by atoms with Gasteiger partial charge in [0.1, 0.15) is 18.2 Å². The van der Waals surface area contributed by atoms with Gasteiger partial charge in [-0.15, -0.1) is 0 Å². The summed E-state index contributed by atoms with van der Waals surface area (Å²) in [5, 5.41) is -1.17. The fraction of sp³-hybridized carbons (Fsp3) is 0.172. The molecule has 2 bridgehead atoms. The molecule has 0 aliphatic carbocycles. The number of fused-ring (bicyclic) bond motifs is 3. The molecule has 0 radical (unpaired) electrons. The van der Waals surface area contributed by atoms with Gasteiger partial charge >= 0.3 is 0 Å². The molecule has 3 aromatic carbocycles. The van der Waals surface area contributed by atoms with Crippen LogP contribution in [-0.2, 0) is 32.2 Å². The van der Waals surface area contributed by atoms with Crippen LogP contribution in [0.3, 0.4) is 0 Å². The lowest BCUT2D eigenvalue weighted by atomic mass is 10.1. The Labute approximate surface area is 233 Å². The van der Waals surface area contributed by atoms with E-state index in [0.29, 0.717) is 22.7 Å². The maximum Gasteiger partial charge on any atom is 0.266 e. The standard InChI is InChI=1S/C29H27N3O6S2/c1-2-32(27-16-15-23(18-30-27)28(33)31-39(34,35)20-21-9-4-3-5-10-21)29-25-13-6-7-14-26(25)38-19-22-11-8-12-24(17-22)40(29,36)37/h3-18,29H,2,19-20H2,1H3,(H,31,33). The Morgan fingerprint density at radius 1 is 1.00 bits per heavy atom. The van der Waals surface area contributed by atoms with E-state index < -0.39 is 31.1 Å². The second-order valence-electron chi connectivity index (χ2n) is 9.24. The molecule has 11 heteroatoms. The van der Waals surface area contributed by atoms with Gasteiger partial charge in [0, 0.05) is 18.3 Å². The van der Waals surface area contributed by atoms with Crippen LogP contribution in [0.15, 0.2) is 102 Å². The van der Waals surface area contributed by atoms with Crippen molar-refractivity contribution in [3.63, 3.8) is 0 Å². The lowest BCUT2D eigenvalue weighted by Crippen LogP contribution is -2.35. The summed E-state index contributed by atoms with van der Waals surface area (Å²) in [5.74, 6) is -0.443. The molecule has 40 heavy (non-hydrogen) atoms. The van der Waals surface area contributed by atoms with Crippen molar-refractivity contribution in [1.82, 2.24) is 9.71 Å². The number of aromatic nitrogens is 1. The molecule has 0 spiro atoms. The van der Waals surface area contributed by atoms with E-state index in [1.54, 1.807) is 84.6 Å². The average molecular weight is 578 g/mol. The van der Waals surface area contributed by atoms with Crippen molar-refractivity contribution < 1.29 is 26.4 Å². The highest BCUT2D eigenvalue weighted by atomic mass is 32.2. The van der Waals surface area contributed by atoms with Crippen molar-refractivity contribution >= 4 is 31.6 Å². The van der Waals surface area contributed by atoms with E-state index in [2.05, 4.69) is 9.71 Å². The number of sulfone groups is 1. The highest BCUT2D eigenvalue weighted by molar-refractivity contribution is 7.91. The van der Waals surface area contributed by atoms with Gasteiger partial charge < -0.3 is 9.64 Å². The Hall–Kier alpha value is -4.22. The van der Waals surface area contributed by atoms with Gasteiger partial charge in [0.25, 0.3) is 5.91 Å². The largest absolute Gasteiger partial charge is 0.489 e. The van der Waals surface area contributed by atoms with E-state index in [1.165, 1.54) is 18.3 Å². The smallest absolute Gasteiger partial charge is 0.266 e. The Kier molecular flexibility index (Phi) is 7.59. The van der Waals surface area contributed by atoms with Crippen LogP contribution >= 0.6 is 0 Å². The number of hydrogen-bond donors (Lipinski definition) is 1. The second kappa shape index (κ2) is 11.1. The molecule has 1 N–H and O–H groups in total. The van der Waals surface area contributed by atoms with Gasteiger partial charge in [-0.3, -0.25) is 4.79 Å². The minimum atomic E-state index is -3.95. The molecule has 0 saturated carbocycles. The first-order valence-corrected chi connectivity index (χ1v) is 15.7. The van der Waals surface area contributed by atoms with Crippen molar-refractivity contribution in [2.24, 2.45) is 0 Å². The van der Waals surface area contributed by atoms with E-state index in [4.69, 9.17) is 4.74 Å². The fourth-order valence-electron chi connectivity index (χ4n) is 4.59. The Bertz CT molecular complexity index is 1740. The summed E-state index contributed by atoms with van der Waals surface area (Å²) >= 11 is 0. The van der Waals surface area contributed by atoms with Gasteiger partial charge in [0.15, 0.2) is 5.37 Å². The molecule has 0 saturated heterocycles. The molecule has 206 valence electrons. The summed E-state index contributed by atoms with van der Waals surface area (Å²) < 4.78 is 61.3. The number of carbonyl (C=O) groups is 1. The highest BCUT2D eigenvalue weighted by Crippen LogP contribution is 2.40. The molecule has 1 atom stereocenters. The van der Waals surface area contributed by atoms with E-state index in [9.17, 15) is 21.6 Å². The quantitative estimate of drug-likeness (QED) is 0.346. The number of anilines is 1. The molecule has 5 rings (SSSR count). The first kappa shape index (κ1) is 27.4. The number of carbonyl (C=O) groups excluding carboxylic acids is 1. The maximum atomic E-state index is 14.1. The summed E-state index contributed by atoms with van der Waals surface area (Å²) in [6.07, 6.45) is 1.23. The summed E-state index contributed by atoms with van der Waals surface area (Å²) in [7, 11) is -7.90. The van der Waals surface area contributed by atoms with Crippen LogP contribution in [0, 0.1) is 0 Å². The zero-order valence-corrected chi connectivity index (χ0v) is 23.2. The van der Waals surface area contributed by atoms with Gasteiger partial charge in [-0.1, -0.05) is 60.7 Å². The first-order chi connectivity index (χ1) is 19.2. The number of para-hydroxylation sites is 1. The fourth-order valence-corrected chi connectivity index (χ4v) is 7.66. The molecule has 4 aromatic rings. The van der Waals surface area contributed by atoms with Crippen LogP contribution in [-0.4, -0.2) is 34.3 Å². The van der Waals surface area contributed by atoms with Gasteiger partial charge in [-0.05, 0) is 48.4 Å². The van der Waals surface area contributed by atoms with Crippen LogP contribution in [0.25, 0.3) is 0 Å². The number of benzene rings is 3. The molecule has 1 amide bonds. The summed E-state index contributed by atoms with van der Waals surface area (Å²) in [5.41, 5.74) is 1.75. The van der Waals surface area contributed by atoms with Crippen LogP contribution in [0.1, 0.15) is 39.3 Å². The Morgan fingerprint density at radius 2 is 1.75 bits per heavy atom. The Balaban J connectivity index is 1.46. The van der Waals surface area contributed by atoms with Crippen molar-refractivity contribution in [1.29, 1.82) is 0 Å². The van der Waals surface area contributed by atoms with Gasteiger partial charge in [-0.2, -0.15) is 0 Å². The van der Waals surface area contributed by atoms with E-state index in [-0.39, 0.29) is 29.4 Å². The van der Waals surface area contributed by atoms with Gasteiger partial charge in [0.2, 0.25) is 19.9 Å². The first-order valence-electron chi connectivity index (χ1n) is 12.5. The molecule has 1 aliphatic rings. The van der Waals surface area contributed by atoms with Crippen LogP contribution in [0.4, 0.5) is 5.82 Å². The predicted molar refractivity (Wildman–Crippen MR) is 151 cm³/mol. The van der Waals surface area contributed by atoms with Crippen LogP contribution in [0.5, 0.6) is 5.75 Å². The molecular formula is C29H27N3O6S2. The van der Waals surface area contributed by atoms with Crippen molar-refractivity contribution in [3.05, 3.63) is 119 Å². The number of pyridine rings is 1. The van der Waals surface area contributed by atoms with Crippen LogP contribution < -0.4 is 14.4 Å². The van der Waals surface area contributed by atoms with E-state index in [1.807, 2.05) is 6.07 Å². The molecule has 1 aliphatic heterocycles. The molecule has 1 aromatic heterocycles. The molecule has 1 unspecified atom stereocenters. The van der Waals surface area contributed by atoms with E-state index >= 15 is 0 Å². The zero-order chi connectivity index (χ0) is 28.3. The van der Waals surface area contributed by atoms with Crippen molar-refractivity contribution in [2.75, 3.05) is 11.4 Å². The number of rotatable bonds is 7. The number of amides is 1. The molecule has 0 fully saturated rings. The third kappa shape index (κ3) is 5.70. The molecule has 2 heterocycles. The van der Waals surface area contributed by atoms with Gasteiger partial charge in [0.05, 0.1) is 16.2 Å². The number of nitrogens with zero attached hydrogens (tertiary/aromatic N) is 2. The maximum absolute atomic E-state index is 14.1. The second-order valence-corrected chi connectivity index (χ2v) is 13.0. The Morgan fingerprint density at radius 3 is 2.48 bits per heavy atom. The SMILES string of the molecule is CCN(c1ccc(C(=O)NS(=O)(=O)Cc2ccccc2)cn1)C1c2ccccc2OCc2cccc(c2)S1(=O)=O. The normalized spacial score (nSPS) is 15.9. The summed E-state index contributed by atoms with van der Waals surface area (Å²) in [6, 6.07) is 25.1. The lowest BCUT2D eigenvalue weighted by molar-refractivity contribution is 0.0981. The minimum absolute atomic E-state index is 0.0187. The number of nitrogens with one attached hydrogen (secondary N) is 1. The predicted octanol–water partition coefficient (Wildman–Crippen LogP) is 4.23. The molecular weight excluding hydrogens is 550 g/mol. The molecule has 9 nitrogen and oxygen atoms in total. The number of hydrogen-bond acceptors (Lipinski definition) is 8. The number of sulfonamides is 1. The van der Waals surface area contributed by atoms with Crippen LogP contribution in [0.2, 0.25) is 0 Å². The third-order valence-corrected chi connectivity index (χ3v) is 9.69. The van der Waals surface area contributed by atoms with E-state index in [0.717, 1.165) is 5.56 Å². The minimum Gasteiger partial charge on any atom is -0.489 e. The topological polar surface area (TPSA) is 123 Å². The third-order valence-electron chi connectivity index (χ3n) is 6.48. The summed E-state index contributed by atoms with van der Waals surface area (Å²) in [4.78, 5) is 18.9. The highest BCUT2D eigenvalue weighted by Gasteiger charge is 2.37.